The Balaban J connectivity index is 2.20. The maximum absolute atomic E-state index is 6.17. The molecule has 1 fully saturated rings. The van der Waals surface area contributed by atoms with E-state index in [9.17, 15) is 0 Å². The highest BCUT2D eigenvalue weighted by molar-refractivity contribution is 6.30. The quantitative estimate of drug-likeness (QED) is 0.841. The number of benzene rings is 1. The first-order valence-corrected chi connectivity index (χ1v) is 7.89. The van der Waals surface area contributed by atoms with Crippen molar-refractivity contribution in [3.05, 3.63) is 34.9 Å². The predicted molar refractivity (Wildman–Crippen MR) is 83.8 cm³/mol. The standard InChI is InChI=1S/C17H26ClN/c1-12(2)13-7-8-15(11-19-3)17(10-13)14-5-4-6-16(18)9-14/h4-6,9,12-13,15,17,19H,7-8,10-11H2,1-3H3. The van der Waals surface area contributed by atoms with Crippen molar-refractivity contribution in [2.75, 3.05) is 13.6 Å². The highest BCUT2D eigenvalue weighted by Gasteiger charge is 2.32. The summed E-state index contributed by atoms with van der Waals surface area (Å²) in [4.78, 5) is 0. The molecule has 0 aromatic heterocycles. The number of nitrogens with one attached hydrogen (secondary N) is 1. The molecule has 1 aliphatic carbocycles. The summed E-state index contributed by atoms with van der Waals surface area (Å²) in [5, 5.41) is 4.23. The molecule has 0 bridgehead atoms. The van der Waals surface area contributed by atoms with Gasteiger partial charge in [-0.1, -0.05) is 37.6 Å². The molecular weight excluding hydrogens is 254 g/mol. The van der Waals surface area contributed by atoms with Crippen LogP contribution in [0.4, 0.5) is 0 Å². The van der Waals surface area contributed by atoms with Gasteiger partial charge in [0.2, 0.25) is 0 Å². The van der Waals surface area contributed by atoms with Gasteiger partial charge in [0.1, 0.15) is 0 Å². The van der Waals surface area contributed by atoms with Crippen molar-refractivity contribution in [1.29, 1.82) is 0 Å². The number of hydrogen-bond acceptors (Lipinski definition) is 1. The molecule has 1 nitrogen and oxygen atoms in total. The van der Waals surface area contributed by atoms with Crippen LogP contribution in [0.15, 0.2) is 24.3 Å². The van der Waals surface area contributed by atoms with Gasteiger partial charge in [0.15, 0.2) is 0 Å². The van der Waals surface area contributed by atoms with Gasteiger partial charge in [0, 0.05) is 5.02 Å². The van der Waals surface area contributed by atoms with Crippen molar-refractivity contribution in [2.24, 2.45) is 17.8 Å². The number of rotatable bonds is 4. The maximum Gasteiger partial charge on any atom is 0.0408 e. The average Bonchev–Trinajstić information content (AvgIpc) is 2.39. The molecule has 1 saturated carbocycles. The molecule has 0 heterocycles. The summed E-state index contributed by atoms with van der Waals surface area (Å²) in [6.07, 6.45) is 4.02. The van der Waals surface area contributed by atoms with Crippen molar-refractivity contribution in [1.82, 2.24) is 5.32 Å². The summed E-state index contributed by atoms with van der Waals surface area (Å²) in [5.41, 5.74) is 1.43. The highest BCUT2D eigenvalue weighted by Crippen LogP contribution is 2.43. The van der Waals surface area contributed by atoms with E-state index in [4.69, 9.17) is 11.6 Å². The largest absolute Gasteiger partial charge is 0.319 e. The molecule has 0 spiro atoms. The van der Waals surface area contributed by atoms with Crippen LogP contribution < -0.4 is 5.32 Å². The fourth-order valence-corrected chi connectivity index (χ4v) is 3.72. The minimum absolute atomic E-state index is 0.660. The second-order valence-corrected chi connectivity index (χ2v) is 6.73. The second kappa shape index (κ2) is 6.76. The number of halogens is 1. The first-order chi connectivity index (χ1) is 9.11. The minimum atomic E-state index is 0.660. The summed E-state index contributed by atoms with van der Waals surface area (Å²) in [6, 6.07) is 8.48. The Bertz CT molecular complexity index is 402. The highest BCUT2D eigenvalue weighted by atomic mass is 35.5. The van der Waals surface area contributed by atoms with E-state index in [1.54, 1.807) is 0 Å². The van der Waals surface area contributed by atoms with Crippen LogP contribution in [0.5, 0.6) is 0 Å². The van der Waals surface area contributed by atoms with E-state index in [-0.39, 0.29) is 0 Å². The zero-order valence-corrected chi connectivity index (χ0v) is 13.1. The lowest BCUT2D eigenvalue weighted by molar-refractivity contribution is 0.192. The third-order valence-corrected chi connectivity index (χ3v) is 4.96. The van der Waals surface area contributed by atoms with E-state index < -0.39 is 0 Å². The van der Waals surface area contributed by atoms with Gasteiger partial charge in [0.05, 0.1) is 0 Å². The Morgan fingerprint density at radius 2 is 2.11 bits per heavy atom. The zero-order chi connectivity index (χ0) is 13.8. The second-order valence-electron chi connectivity index (χ2n) is 6.30. The summed E-state index contributed by atoms with van der Waals surface area (Å²) in [6.45, 7) is 5.83. The van der Waals surface area contributed by atoms with E-state index in [2.05, 4.69) is 44.4 Å². The van der Waals surface area contributed by atoms with Crippen molar-refractivity contribution in [2.45, 2.75) is 39.0 Å². The predicted octanol–water partition coefficient (Wildman–Crippen LogP) is 4.72. The molecule has 3 atom stereocenters. The molecule has 3 unspecified atom stereocenters. The average molecular weight is 280 g/mol. The fraction of sp³-hybridized carbons (Fsp3) is 0.647. The van der Waals surface area contributed by atoms with Gasteiger partial charge in [0.25, 0.3) is 0 Å². The van der Waals surface area contributed by atoms with E-state index in [1.807, 2.05) is 6.07 Å². The van der Waals surface area contributed by atoms with Gasteiger partial charge in [-0.15, -0.1) is 0 Å². The zero-order valence-electron chi connectivity index (χ0n) is 12.3. The summed E-state index contributed by atoms with van der Waals surface area (Å²) < 4.78 is 0. The molecule has 0 radical (unpaired) electrons. The summed E-state index contributed by atoms with van der Waals surface area (Å²) >= 11 is 6.17. The van der Waals surface area contributed by atoms with Crippen LogP contribution in [0, 0.1) is 17.8 Å². The summed E-state index contributed by atoms with van der Waals surface area (Å²) in [7, 11) is 2.06. The number of hydrogen-bond donors (Lipinski definition) is 1. The molecule has 1 aromatic carbocycles. The van der Waals surface area contributed by atoms with Gasteiger partial charge >= 0.3 is 0 Å². The first-order valence-electron chi connectivity index (χ1n) is 7.52. The fourth-order valence-electron chi connectivity index (χ4n) is 3.52. The molecule has 2 rings (SSSR count). The van der Waals surface area contributed by atoms with Crippen LogP contribution in [-0.4, -0.2) is 13.6 Å². The van der Waals surface area contributed by atoms with Crippen molar-refractivity contribution in [3.8, 4) is 0 Å². The molecule has 1 aliphatic rings. The Morgan fingerprint density at radius 3 is 2.74 bits per heavy atom. The Morgan fingerprint density at radius 1 is 1.32 bits per heavy atom. The van der Waals surface area contributed by atoms with Crippen LogP contribution in [-0.2, 0) is 0 Å². The molecule has 1 N–H and O–H groups in total. The molecular formula is C17H26ClN. The lowest BCUT2D eigenvalue weighted by Gasteiger charge is -2.38. The van der Waals surface area contributed by atoms with Gasteiger partial charge in [-0.25, -0.2) is 0 Å². The van der Waals surface area contributed by atoms with Crippen molar-refractivity contribution in [3.63, 3.8) is 0 Å². The van der Waals surface area contributed by atoms with E-state index in [0.29, 0.717) is 5.92 Å². The van der Waals surface area contributed by atoms with Gasteiger partial charge in [-0.3, -0.25) is 0 Å². The Labute approximate surface area is 122 Å². The maximum atomic E-state index is 6.17. The Kier molecular flexibility index (Phi) is 5.29. The first kappa shape index (κ1) is 14.9. The van der Waals surface area contributed by atoms with E-state index in [0.717, 1.165) is 29.3 Å². The third-order valence-electron chi connectivity index (χ3n) is 4.72. The van der Waals surface area contributed by atoms with Gasteiger partial charge in [-0.2, -0.15) is 0 Å². The molecule has 0 aliphatic heterocycles. The molecule has 106 valence electrons. The lowest BCUT2D eigenvalue weighted by atomic mass is 9.68. The molecule has 1 aromatic rings. The SMILES string of the molecule is CNCC1CCC(C(C)C)CC1c1cccc(Cl)c1. The Hall–Kier alpha value is -0.530. The molecule has 19 heavy (non-hydrogen) atoms. The van der Waals surface area contributed by atoms with Crippen LogP contribution >= 0.6 is 11.6 Å². The van der Waals surface area contributed by atoms with Gasteiger partial charge in [-0.05, 0) is 74.2 Å². The van der Waals surface area contributed by atoms with Crippen LogP contribution in [0.25, 0.3) is 0 Å². The van der Waals surface area contributed by atoms with Crippen LogP contribution in [0.2, 0.25) is 5.02 Å². The summed E-state index contributed by atoms with van der Waals surface area (Å²) in [5.74, 6) is 3.06. The van der Waals surface area contributed by atoms with Gasteiger partial charge < -0.3 is 5.32 Å². The van der Waals surface area contributed by atoms with Crippen LogP contribution in [0.3, 0.4) is 0 Å². The minimum Gasteiger partial charge on any atom is -0.319 e. The van der Waals surface area contributed by atoms with Crippen molar-refractivity contribution >= 4 is 11.6 Å². The van der Waals surface area contributed by atoms with Crippen molar-refractivity contribution < 1.29 is 0 Å². The molecule has 2 heteroatoms. The third kappa shape index (κ3) is 3.73. The van der Waals surface area contributed by atoms with Crippen LogP contribution in [0.1, 0.15) is 44.6 Å². The normalized spacial score (nSPS) is 27.7. The van der Waals surface area contributed by atoms with E-state index >= 15 is 0 Å². The monoisotopic (exact) mass is 279 g/mol. The molecule has 0 amide bonds. The van der Waals surface area contributed by atoms with E-state index in [1.165, 1.54) is 24.8 Å². The topological polar surface area (TPSA) is 12.0 Å². The smallest absolute Gasteiger partial charge is 0.0408 e. The molecule has 0 saturated heterocycles. The lowest BCUT2D eigenvalue weighted by Crippen LogP contribution is -2.32.